The van der Waals surface area contributed by atoms with E-state index in [1.807, 2.05) is 6.07 Å². The first-order chi connectivity index (χ1) is 13.3. The van der Waals surface area contributed by atoms with Gasteiger partial charge in [0.25, 0.3) is 0 Å². The Morgan fingerprint density at radius 1 is 1.18 bits per heavy atom. The third-order valence-corrected chi connectivity index (χ3v) is 6.96. The molecule has 0 aliphatic rings. The fourth-order valence-electron chi connectivity index (χ4n) is 3.03. The number of aromatic nitrogens is 2. The fourth-order valence-corrected chi connectivity index (χ4v) is 5.06. The standard InChI is InChI=1S/C18H15N3O4S3/c1-28(24,25)17-4-2-3-14-12(7-8-19-18(14)17)10-21(27(22)23)13-5-6-16-15(9-13)20-11-26-16/h2-9,11H,10H2,1H3,(H,22,23)/p-1. The second kappa shape index (κ2) is 7.21. The molecule has 1 atom stereocenters. The smallest absolute Gasteiger partial charge is 0.177 e. The van der Waals surface area contributed by atoms with E-state index in [9.17, 15) is 17.2 Å². The van der Waals surface area contributed by atoms with E-state index in [2.05, 4.69) is 9.97 Å². The zero-order valence-electron chi connectivity index (χ0n) is 14.6. The van der Waals surface area contributed by atoms with Crippen LogP contribution in [-0.4, -0.2) is 33.4 Å². The molecule has 0 aliphatic carbocycles. The molecule has 0 amide bonds. The third-order valence-electron chi connectivity index (χ3n) is 4.32. The average molecular weight is 433 g/mol. The number of nitrogens with zero attached hydrogens (tertiary/aromatic N) is 3. The van der Waals surface area contributed by atoms with Gasteiger partial charge in [-0.25, -0.2) is 13.4 Å². The Bertz CT molecular complexity index is 1320. The minimum atomic E-state index is -3.47. The van der Waals surface area contributed by atoms with Crippen LogP contribution in [0.5, 0.6) is 0 Å². The Hall–Kier alpha value is -2.40. The Morgan fingerprint density at radius 3 is 2.75 bits per heavy atom. The molecule has 2 heterocycles. The molecule has 4 aromatic rings. The summed E-state index contributed by atoms with van der Waals surface area (Å²) in [6, 6.07) is 11.8. The van der Waals surface area contributed by atoms with Crippen LogP contribution in [0.15, 0.2) is 59.1 Å². The van der Waals surface area contributed by atoms with Crippen molar-refractivity contribution in [2.45, 2.75) is 11.4 Å². The lowest BCUT2D eigenvalue weighted by atomic mass is 10.1. The molecular weight excluding hydrogens is 418 g/mol. The van der Waals surface area contributed by atoms with Gasteiger partial charge in [-0.05, 0) is 35.9 Å². The predicted molar refractivity (Wildman–Crippen MR) is 110 cm³/mol. The van der Waals surface area contributed by atoms with Crippen molar-refractivity contribution in [2.75, 3.05) is 10.6 Å². The summed E-state index contributed by atoms with van der Waals surface area (Å²) in [6.45, 7) is 0.0397. The molecule has 0 saturated heterocycles. The van der Waals surface area contributed by atoms with E-state index >= 15 is 0 Å². The monoisotopic (exact) mass is 432 g/mol. The number of para-hydroxylation sites is 1. The van der Waals surface area contributed by atoms with Crippen molar-refractivity contribution in [3.63, 3.8) is 0 Å². The van der Waals surface area contributed by atoms with E-state index in [1.54, 1.807) is 35.8 Å². The van der Waals surface area contributed by atoms with Gasteiger partial charge in [0.15, 0.2) is 9.84 Å². The van der Waals surface area contributed by atoms with Crippen molar-refractivity contribution in [3.05, 3.63) is 59.7 Å². The highest BCUT2D eigenvalue weighted by molar-refractivity contribution is 7.91. The number of hydrogen-bond donors (Lipinski definition) is 0. The van der Waals surface area contributed by atoms with Gasteiger partial charge in [-0.1, -0.05) is 12.1 Å². The van der Waals surface area contributed by atoms with E-state index in [-0.39, 0.29) is 11.4 Å². The van der Waals surface area contributed by atoms with E-state index in [0.29, 0.717) is 22.2 Å². The lowest BCUT2D eigenvalue weighted by molar-refractivity contribution is 0.531. The quantitative estimate of drug-likeness (QED) is 0.449. The zero-order valence-corrected chi connectivity index (χ0v) is 17.1. The van der Waals surface area contributed by atoms with Crippen molar-refractivity contribution in [1.29, 1.82) is 0 Å². The molecule has 0 spiro atoms. The van der Waals surface area contributed by atoms with Gasteiger partial charge in [0.1, 0.15) is 0 Å². The summed E-state index contributed by atoms with van der Waals surface area (Å²) in [5.41, 5.74) is 3.88. The third kappa shape index (κ3) is 3.51. The first-order valence-electron chi connectivity index (χ1n) is 8.11. The van der Waals surface area contributed by atoms with Gasteiger partial charge in [-0.2, -0.15) is 0 Å². The molecule has 0 radical (unpaired) electrons. The van der Waals surface area contributed by atoms with E-state index < -0.39 is 21.1 Å². The number of benzene rings is 2. The molecule has 1 unspecified atom stereocenters. The first-order valence-corrected chi connectivity index (χ1v) is 11.9. The van der Waals surface area contributed by atoms with Crippen LogP contribution < -0.4 is 4.31 Å². The van der Waals surface area contributed by atoms with Crippen LogP contribution in [-0.2, 0) is 27.6 Å². The molecule has 4 rings (SSSR count). The summed E-state index contributed by atoms with van der Waals surface area (Å²) < 4.78 is 50.2. The molecule has 0 saturated carbocycles. The van der Waals surface area contributed by atoms with E-state index in [1.165, 1.54) is 27.9 Å². The predicted octanol–water partition coefficient (Wildman–Crippen LogP) is 3.05. The normalized spacial score (nSPS) is 13.1. The molecular formula is C18H14N3O4S3-. The van der Waals surface area contributed by atoms with Crippen molar-refractivity contribution in [2.24, 2.45) is 0 Å². The summed E-state index contributed by atoms with van der Waals surface area (Å²) in [5, 5.41) is 0.593. The number of thiazole rings is 1. The van der Waals surface area contributed by atoms with Gasteiger partial charge < -0.3 is 4.55 Å². The molecule has 7 nitrogen and oxygen atoms in total. The molecule has 2 aromatic carbocycles. The highest BCUT2D eigenvalue weighted by atomic mass is 32.2. The molecule has 0 aliphatic heterocycles. The number of sulfone groups is 1. The highest BCUT2D eigenvalue weighted by Gasteiger charge is 2.16. The second-order valence-electron chi connectivity index (χ2n) is 6.15. The van der Waals surface area contributed by atoms with Crippen LogP contribution in [0.1, 0.15) is 5.56 Å². The second-order valence-corrected chi connectivity index (χ2v) is 9.90. The van der Waals surface area contributed by atoms with Gasteiger partial charge >= 0.3 is 0 Å². The Morgan fingerprint density at radius 2 is 2.00 bits per heavy atom. The Balaban J connectivity index is 1.81. The molecule has 10 heteroatoms. The first kappa shape index (κ1) is 18.9. The van der Waals surface area contributed by atoms with Crippen molar-refractivity contribution in [1.82, 2.24) is 9.97 Å². The van der Waals surface area contributed by atoms with Gasteiger partial charge in [0, 0.05) is 29.1 Å². The number of hydrogen-bond acceptors (Lipinski definition) is 7. The van der Waals surface area contributed by atoms with Crippen molar-refractivity contribution < 1.29 is 17.2 Å². The summed E-state index contributed by atoms with van der Waals surface area (Å²) in [6.07, 6.45) is 2.61. The molecule has 0 bridgehead atoms. The minimum absolute atomic E-state index is 0.0397. The maximum Gasteiger partial charge on any atom is 0.177 e. The Labute approximate surface area is 168 Å². The summed E-state index contributed by atoms with van der Waals surface area (Å²) in [5.74, 6) is 0. The van der Waals surface area contributed by atoms with Crippen LogP contribution in [0.2, 0.25) is 0 Å². The van der Waals surface area contributed by atoms with Crippen molar-refractivity contribution in [3.8, 4) is 0 Å². The Kier molecular flexibility index (Phi) is 4.88. The maximum atomic E-state index is 12.1. The highest BCUT2D eigenvalue weighted by Crippen LogP contribution is 2.29. The molecule has 144 valence electrons. The number of rotatable bonds is 5. The largest absolute Gasteiger partial charge is 0.755 e. The zero-order chi connectivity index (χ0) is 19.9. The van der Waals surface area contributed by atoms with Gasteiger partial charge in [0.2, 0.25) is 0 Å². The summed E-state index contributed by atoms with van der Waals surface area (Å²) in [7, 11) is -3.47. The van der Waals surface area contributed by atoms with Crippen molar-refractivity contribution >= 4 is 59.2 Å². The number of pyridine rings is 1. The molecule has 2 aromatic heterocycles. The fraction of sp³-hybridized carbons (Fsp3) is 0.111. The van der Waals surface area contributed by atoms with Gasteiger partial charge in [-0.3, -0.25) is 13.5 Å². The summed E-state index contributed by atoms with van der Waals surface area (Å²) >= 11 is -1.05. The van der Waals surface area contributed by atoms with Crippen LogP contribution in [0.25, 0.3) is 21.1 Å². The van der Waals surface area contributed by atoms with Gasteiger partial charge in [-0.15, -0.1) is 11.3 Å². The topological polar surface area (TPSA) is 103 Å². The molecule has 0 N–H and O–H groups in total. The van der Waals surface area contributed by atoms with Gasteiger partial charge in [0.05, 0.1) is 38.4 Å². The van der Waals surface area contributed by atoms with Crippen LogP contribution in [0.4, 0.5) is 5.69 Å². The van der Waals surface area contributed by atoms with E-state index in [4.69, 9.17) is 0 Å². The average Bonchev–Trinajstić information content (AvgIpc) is 3.12. The number of anilines is 1. The lowest BCUT2D eigenvalue weighted by Gasteiger charge is -2.27. The van der Waals surface area contributed by atoms with E-state index in [0.717, 1.165) is 16.5 Å². The van der Waals surface area contributed by atoms with Crippen LogP contribution >= 0.6 is 11.3 Å². The lowest BCUT2D eigenvalue weighted by Crippen LogP contribution is -2.25. The van der Waals surface area contributed by atoms with Crippen LogP contribution in [0, 0.1) is 0 Å². The SMILES string of the molecule is CS(=O)(=O)c1cccc2c(CN(c3ccc4scnc4c3)S(=O)[O-])ccnc12. The molecule has 28 heavy (non-hydrogen) atoms. The minimum Gasteiger partial charge on any atom is -0.755 e. The molecule has 0 fully saturated rings. The van der Waals surface area contributed by atoms with Crippen LogP contribution in [0.3, 0.4) is 0 Å². The maximum absolute atomic E-state index is 12.1. The number of fused-ring (bicyclic) bond motifs is 2. The summed E-state index contributed by atoms with van der Waals surface area (Å²) in [4.78, 5) is 8.55.